The summed E-state index contributed by atoms with van der Waals surface area (Å²) in [7, 11) is 0. The lowest BCUT2D eigenvalue weighted by molar-refractivity contribution is 0.186. The summed E-state index contributed by atoms with van der Waals surface area (Å²) in [4.78, 5) is 0. The summed E-state index contributed by atoms with van der Waals surface area (Å²) < 4.78 is 23.6. The molecule has 96 valence electrons. The molecular formula is C12H13FN2O3. The van der Waals surface area contributed by atoms with Crippen molar-refractivity contribution in [2.24, 2.45) is 0 Å². The molecule has 0 fully saturated rings. The van der Waals surface area contributed by atoms with Crippen LogP contribution in [0.3, 0.4) is 0 Å². The smallest absolute Gasteiger partial charge is 0.253 e. The second kappa shape index (κ2) is 5.14. The number of aliphatic hydroxyl groups excluding tert-OH is 1. The van der Waals surface area contributed by atoms with Gasteiger partial charge in [-0.2, -0.15) is 0 Å². The monoisotopic (exact) mass is 252 g/mol. The SMILES string of the molecule is Cc1nnc(COc2cc(F)ccc2C(C)O)o1. The molecule has 0 aliphatic heterocycles. The number of aliphatic hydroxyl groups is 1. The highest BCUT2D eigenvalue weighted by molar-refractivity contribution is 5.35. The average molecular weight is 252 g/mol. The quantitative estimate of drug-likeness (QED) is 0.902. The zero-order chi connectivity index (χ0) is 13.1. The van der Waals surface area contributed by atoms with Crippen molar-refractivity contribution in [3.05, 3.63) is 41.4 Å². The number of ether oxygens (including phenoxy) is 1. The molecule has 0 aliphatic rings. The number of halogens is 1. The van der Waals surface area contributed by atoms with Gasteiger partial charge >= 0.3 is 0 Å². The Morgan fingerprint density at radius 2 is 2.22 bits per heavy atom. The van der Waals surface area contributed by atoms with Gasteiger partial charge in [0.25, 0.3) is 5.89 Å². The van der Waals surface area contributed by atoms with Gasteiger partial charge in [-0.25, -0.2) is 4.39 Å². The molecular weight excluding hydrogens is 239 g/mol. The van der Waals surface area contributed by atoms with Gasteiger partial charge < -0.3 is 14.3 Å². The van der Waals surface area contributed by atoms with Crippen molar-refractivity contribution in [2.75, 3.05) is 0 Å². The van der Waals surface area contributed by atoms with Crippen molar-refractivity contribution in [2.45, 2.75) is 26.6 Å². The van der Waals surface area contributed by atoms with Crippen molar-refractivity contribution in [1.29, 1.82) is 0 Å². The van der Waals surface area contributed by atoms with E-state index in [0.717, 1.165) is 0 Å². The topological polar surface area (TPSA) is 68.4 Å². The van der Waals surface area contributed by atoms with Gasteiger partial charge in [0.2, 0.25) is 5.89 Å². The number of hydrogen-bond donors (Lipinski definition) is 1. The minimum absolute atomic E-state index is 0.0318. The van der Waals surface area contributed by atoms with Crippen LogP contribution in [-0.4, -0.2) is 15.3 Å². The van der Waals surface area contributed by atoms with Crippen LogP contribution in [0.1, 0.15) is 30.4 Å². The maximum Gasteiger partial charge on any atom is 0.253 e. The van der Waals surface area contributed by atoms with Gasteiger partial charge in [-0.05, 0) is 19.1 Å². The lowest BCUT2D eigenvalue weighted by Crippen LogP contribution is -2.02. The summed E-state index contributed by atoms with van der Waals surface area (Å²) in [5.41, 5.74) is 0.507. The first kappa shape index (κ1) is 12.5. The standard InChI is InChI=1S/C12H13FN2O3/c1-7(16)10-4-3-9(13)5-11(10)17-6-12-15-14-8(2)18-12/h3-5,7,16H,6H2,1-2H3. The van der Waals surface area contributed by atoms with Crippen molar-refractivity contribution >= 4 is 0 Å². The minimum Gasteiger partial charge on any atom is -0.483 e. The number of aryl methyl sites for hydroxylation is 1. The van der Waals surface area contributed by atoms with E-state index in [1.807, 2.05) is 0 Å². The van der Waals surface area contributed by atoms with Crippen LogP contribution in [0.25, 0.3) is 0 Å². The molecule has 1 aromatic heterocycles. The van der Waals surface area contributed by atoms with Crippen molar-refractivity contribution < 1.29 is 18.7 Å². The maximum atomic E-state index is 13.1. The first-order chi connectivity index (χ1) is 8.56. The van der Waals surface area contributed by atoms with Gasteiger partial charge in [-0.3, -0.25) is 0 Å². The van der Waals surface area contributed by atoms with Gasteiger partial charge in [0.05, 0.1) is 6.10 Å². The van der Waals surface area contributed by atoms with Crippen LogP contribution in [0.2, 0.25) is 0 Å². The highest BCUT2D eigenvalue weighted by Crippen LogP contribution is 2.26. The van der Waals surface area contributed by atoms with Crippen molar-refractivity contribution in [3.8, 4) is 5.75 Å². The Hall–Kier alpha value is -1.95. The van der Waals surface area contributed by atoms with Crippen molar-refractivity contribution in [3.63, 3.8) is 0 Å². The fourth-order valence-corrected chi connectivity index (χ4v) is 1.51. The van der Waals surface area contributed by atoms with E-state index >= 15 is 0 Å². The highest BCUT2D eigenvalue weighted by atomic mass is 19.1. The maximum absolute atomic E-state index is 13.1. The molecule has 1 atom stereocenters. The Labute approximate surface area is 103 Å². The Balaban J connectivity index is 2.15. The molecule has 0 spiro atoms. The third-order valence-electron chi connectivity index (χ3n) is 2.34. The van der Waals surface area contributed by atoms with Crippen LogP contribution < -0.4 is 4.74 Å². The average Bonchev–Trinajstić information content (AvgIpc) is 2.72. The Morgan fingerprint density at radius 3 is 2.83 bits per heavy atom. The number of nitrogens with zero attached hydrogens (tertiary/aromatic N) is 2. The predicted octanol–water partition coefficient (Wildman–Crippen LogP) is 2.15. The highest BCUT2D eigenvalue weighted by Gasteiger charge is 2.12. The fourth-order valence-electron chi connectivity index (χ4n) is 1.51. The summed E-state index contributed by atoms with van der Waals surface area (Å²) in [6, 6.07) is 3.96. The van der Waals surface area contributed by atoms with E-state index < -0.39 is 11.9 Å². The van der Waals surface area contributed by atoms with E-state index in [9.17, 15) is 9.50 Å². The molecule has 5 nitrogen and oxygen atoms in total. The molecule has 0 bridgehead atoms. The molecule has 1 aromatic carbocycles. The van der Waals surface area contributed by atoms with Crippen LogP contribution >= 0.6 is 0 Å². The van der Waals surface area contributed by atoms with Crippen LogP contribution in [-0.2, 0) is 6.61 Å². The van der Waals surface area contributed by atoms with Crippen molar-refractivity contribution in [1.82, 2.24) is 10.2 Å². The molecule has 1 unspecified atom stereocenters. The molecule has 1 N–H and O–H groups in total. The zero-order valence-corrected chi connectivity index (χ0v) is 10.1. The number of rotatable bonds is 4. The van der Waals surface area contributed by atoms with Crippen LogP contribution in [0, 0.1) is 12.7 Å². The summed E-state index contributed by atoms with van der Waals surface area (Å²) in [5, 5.41) is 17.0. The Bertz CT molecular complexity index is 540. The molecule has 0 radical (unpaired) electrons. The molecule has 18 heavy (non-hydrogen) atoms. The number of benzene rings is 1. The molecule has 2 aromatic rings. The van der Waals surface area contributed by atoms with E-state index in [-0.39, 0.29) is 12.4 Å². The van der Waals surface area contributed by atoms with E-state index in [1.165, 1.54) is 18.2 Å². The lowest BCUT2D eigenvalue weighted by atomic mass is 10.1. The first-order valence-corrected chi connectivity index (χ1v) is 5.45. The lowest BCUT2D eigenvalue weighted by Gasteiger charge is -2.12. The predicted molar refractivity (Wildman–Crippen MR) is 60.4 cm³/mol. The number of aromatic nitrogens is 2. The van der Waals surface area contributed by atoms with E-state index in [2.05, 4.69) is 10.2 Å². The van der Waals surface area contributed by atoms with E-state index in [4.69, 9.17) is 9.15 Å². The second-order valence-electron chi connectivity index (χ2n) is 3.86. The Kier molecular flexibility index (Phi) is 3.57. The molecule has 0 amide bonds. The minimum atomic E-state index is -0.745. The molecule has 0 saturated carbocycles. The van der Waals surface area contributed by atoms with E-state index in [1.54, 1.807) is 13.8 Å². The van der Waals surface area contributed by atoms with E-state index in [0.29, 0.717) is 17.3 Å². The summed E-state index contributed by atoms with van der Waals surface area (Å²) in [6.07, 6.45) is -0.745. The summed E-state index contributed by atoms with van der Waals surface area (Å²) in [5.74, 6) is 0.564. The third-order valence-corrected chi connectivity index (χ3v) is 2.34. The zero-order valence-electron chi connectivity index (χ0n) is 10.1. The number of hydrogen-bond acceptors (Lipinski definition) is 5. The molecule has 1 heterocycles. The van der Waals surface area contributed by atoms with Gasteiger partial charge in [0.1, 0.15) is 11.6 Å². The fraction of sp³-hybridized carbons (Fsp3) is 0.333. The normalized spacial score (nSPS) is 12.4. The van der Waals surface area contributed by atoms with Crippen LogP contribution in [0.15, 0.2) is 22.6 Å². The molecule has 0 aliphatic carbocycles. The van der Waals surface area contributed by atoms with Gasteiger partial charge in [0.15, 0.2) is 6.61 Å². The molecule has 2 rings (SSSR count). The Morgan fingerprint density at radius 1 is 1.44 bits per heavy atom. The third kappa shape index (κ3) is 2.84. The van der Waals surface area contributed by atoms with Gasteiger partial charge in [0, 0.05) is 18.6 Å². The largest absolute Gasteiger partial charge is 0.483 e. The molecule has 6 heteroatoms. The summed E-state index contributed by atoms with van der Waals surface area (Å²) >= 11 is 0. The van der Waals surface area contributed by atoms with Crippen LogP contribution in [0.4, 0.5) is 4.39 Å². The van der Waals surface area contributed by atoms with Gasteiger partial charge in [-0.15, -0.1) is 10.2 Å². The van der Waals surface area contributed by atoms with Gasteiger partial charge in [-0.1, -0.05) is 0 Å². The first-order valence-electron chi connectivity index (χ1n) is 5.45. The van der Waals surface area contributed by atoms with Crippen LogP contribution in [0.5, 0.6) is 5.75 Å². The second-order valence-corrected chi connectivity index (χ2v) is 3.86. The molecule has 0 saturated heterocycles. The summed E-state index contributed by atoms with van der Waals surface area (Å²) in [6.45, 7) is 3.28.